The van der Waals surface area contributed by atoms with Gasteiger partial charge in [-0.3, -0.25) is 0 Å². The van der Waals surface area contributed by atoms with E-state index < -0.39 is 0 Å². The van der Waals surface area contributed by atoms with E-state index in [-0.39, 0.29) is 6.61 Å². The predicted molar refractivity (Wildman–Crippen MR) is 76.8 cm³/mol. The van der Waals surface area contributed by atoms with Gasteiger partial charge in [0.1, 0.15) is 5.82 Å². The molecular weight excluding hydrogens is 236 g/mol. The lowest BCUT2D eigenvalue weighted by molar-refractivity contribution is 0.282. The molecule has 1 N–H and O–H groups in total. The predicted octanol–water partition coefficient (Wildman–Crippen LogP) is 3.04. The van der Waals surface area contributed by atoms with E-state index in [1.165, 1.54) is 5.56 Å². The third-order valence-corrected chi connectivity index (χ3v) is 3.44. The number of rotatable bonds is 2. The Balaban J connectivity index is 2.19. The molecule has 0 fully saturated rings. The molecule has 0 amide bonds. The molecular formula is C16H16N2O. The second-order valence-electron chi connectivity index (χ2n) is 4.84. The van der Waals surface area contributed by atoms with Crippen molar-refractivity contribution in [3.63, 3.8) is 0 Å². The van der Waals surface area contributed by atoms with Crippen molar-refractivity contribution in [1.82, 2.24) is 9.55 Å². The molecule has 3 heteroatoms. The topological polar surface area (TPSA) is 38.1 Å². The number of benzene rings is 2. The number of aromatic nitrogens is 2. The van der Waals surface area contributed by atoms with Gasteiger partial charge in [0, 0.05) is 12.6 Å². The zero-order chi connectivity index (χ0) is 13.4. The molecule has 0 unspecified atom stereocenters. The number of hydrogen-bond acceptors (Lipinski definition) is 2. The van der Waals surface area contributed by atoms with Gasteiger partial charge in [0.25, 0.3) is 0 Å². The van der Waals surface area contributed by atoms with E-state index in [1.807, 2.05) is 25.2 Å². The van der Waals surface area contributed by atoms with E-state index in [0.717, 1.165) is 28.0 Å². The maximum Gasteiger partial charge on any atom is 0.140 e. The molecule has 1 heterocycles. The van der Waals surface area contributed by atoms with Crippen molar-refractivity contribution >= 4 is 11.0 Å². The van der Waals surface area contributed by atoms with E-state index in [0.29, 0.717) is 0 Å². The summed E-state index contributed by atoms with van der Waals surface area (Å²) in [6, 6.07) is 14.2. The molecule has 3 nitrogen and oxygen atoms in total. The standard InChI is InChI=1S/C16H16N2O/c1-11-3-6-13(7-4-11)16-17-14-9-12(10-19)5-8-15(14)18(16)2/h3-9,19H,10H2,1-2H3. The average Bonchev–Trinajstić information content (AvgIpc) is 2.76. The Morgan fingerprint density at radius 3 is 2.53 bits per heavy atom. The first-order chi connectivity index (χ1) is 9.19. The molecule has 0 radical (unpaired) electrons. The zero-order valence-electron chi connectivity index (χ0n) is 11.1. The van der Waals surface area contributed by atoms with Gasteiger partial charge in [-0.2, -0.15) is 0 Å². The molecule has 0 aliphatic rings. The second kappa shape index (κ2) is 4.52. The van der Waals surface area contributed by atoms with Gasteiger partial charge in [0.05, 0.1) is 17.6 Å². The van der Waals surface area contributed by atoms with Gasteiger partial charge in [-0.1, -0.05) is 35.9 Å². The van der Waals surface area contributed by atoms with Crippen LogP contribution in [0.2, 0.25) is 0 Å². The van der Waals surface area contributed by atoms with Crippen LogP contribution < -0.4 is 0 Å². The highest BCUT2D eigenvalue weighted by Gasteiger charge is 2.09. The zero-order valence-corrected chi connectivity index (χ0v) is 11.1. The van der Waals surface area contributed by atoms with Crippen molar-refractivity contribution in [2.24, 2.45) is 7.05 Å². The van der Waals surface area contributed by atoms with E-state index >= 15 is 0 Å². The lowest BCUT2D eigenvalue weighted by Gasteiger charge is -2.02. The first kappa shape index (κ1) is 11.9. The summed E-state index contributed by atoms with van der Waals surface area (Å²) >= 11 is 0. The summed E-state index contributed by atoms with van der Waals surface area (Å²) in [7, 11) is 2.02. The summed E-state index contributed by atoms with van der Waals surface area (Å²) in [6.45, 7) is 2.12. The molecule has 19 heavy (non-hydrogen) atoms. The Bertz CT molecular complexity index is 726. The molecule has 0 spiro atoms. The summed E-state index contributed by atoms with van der Waals surface area (Å²) in [5, 5.41) is 9.19. The molecule has 1 aromatic heterocycles. The summed E-state index contributed by atoms with van der Waals surface area (Å²) in [4.78, 5) is 4.67. The summed E-state index contributed by atoms with van der Waals surface area (Å²) in [5.41, 5.74) is 5.23. The number of hydrogen-bond donors (Lipinski definition) is 1. The van der Waals surface area contributed by atoms with Crippen LogP contribution in [0.15, 0.2) is 42.5 Å². The van der Waals surface area contributed by atoms with E-state index in [2.05, 4.69) is 40.7 Å². The molecule has 3 rings (SSSR count). The number of nitrogens with zero attached hydrogens (tertiary/aromatic N) is 2. The van der Waals surface area contributed by atoms with Crippen LogP contribution in [-0.4, -0.2) is 14.7 Å². The second-order valence-corrected chi connectivity index (χ2v) is 4.84. The minimum atomic E-state index is 0.0480. The molecule has 3 aromatic rings. The van der Waals surface area contributed by atoms with Crippen LogP contribution in [0.25, 0.3) is 22.4 Å². The molecule has 0 saturated heterocycles. The van der Waals surface area contributed by atoms with Crippen molar-refractivity contribution in [3.8, 4) is 11.4 Å². The van der Waals surface area contributed by atoms with Crippen molar-refractivity contribution in [3.05, 3.63) is 53.6 Å². The summed E-state index contributed by atoms with van der Waals surface area (Å²) in [5.74, 6) is 0.949. The summed E-state index contributed by atoms with van der Waals surface area (Å²) in [6.07, 6.45) is 0. The molecule has 96 valence electrons. The van der Waals surface area contributed by atoms with Gasteiger partial charge in [-0.15, -0.1) is 0 Å². The number of imidazole rings is 1. The van der Waals surface area contributed by atoms with E-state index in [4.69, 9.17) is 0 Å². The smallest absolute Gasteiger partial charge is 0.140 e. The maximum absolute atomic E-state index is 9.19. The maximum atomic E-state index is 9.19. The van der Waals surface area contributed by atoms with Crippen molar-refractivity contribution in [1.29, 1.82) is 0 Å². The Morgan fingerprint density at radius 2 is 1.84 bits per heavy atom. The van der Waals surface area contributed by atoms with Crippen LogP contribution >= 0.6 is 0 Å². The van der Waals surface area contributed by atoms with Crippen molar-refractivity contribution < 1.29 is 5.11 Å². The van der Waals surface area contributed by atoms with Gasteiger partial charge in [0.15, 0.2) is 0 Å². The summed E-state index contributed by atoms with van der Waals surface area (Å²) < 4.78 is 2.08. The van der Waals surface area contributed by atoms with E-state index in [9.17, 15) is 5.11 Å². The molecule has 0 aliphatic carbocycles. The molecule has 0 bridgehead atoms. The average molecular weight is 252 g/mol. The SMILES string of the molecule is Cc1ccc(-c2nc3cc(CO)ccc3n2C)cc1. The Kier molecular flexibility index (Phi) is 2.84. The Morgan fingerprint density at radius 1 is 1.11 bits per heavy atom. The van der Waals surface area contributed by atoms with E-state index in [1.54, 1.807) is 0 Å². The van der Waals surface area contributed by atoms with Gasteiger partial charge >= 0.3 is 0 Å². The molecule has 0 aliphatic heterocycles. The van der Waals surface area contributed by atoms with Crippen LogP contribution in [0.4, 0.5) is 0 Å². The fraction of sp³-hybridized carbons (Fsp3) is 0.188. The molecule has 0 atom stereocenters. The Labute approximate surface area is 112 Å². The van der Waals surface area contributed by atoms with Gasteiger partial charge in [-0.25, -0.2) is 4.98 Å². The largest absolute Gasteiger partial charge is 0.392 e. The van der Waals surface area contributed by atoms with Crippen molar-refractivity contribution in [2.75, 3.05) is 0 Å². The van der Waals surface area contributed by atoms with Crippen LogP contribution in [0.1, 0.15) is 11.1 Å². The highest BCUT2D eigenvalue weighted by Crippen LogP contribution is 2.24. The highest BCUT2D eigenvalue weighted by atomic mass is 16.3. The minimum absolute atomic E-state index is 0.0480. The number of aliphatic hydroxyl groups excluding tert-OH is 1. The van der Waals surface area contributed by atoms with Crippen LogP contribution in [0.3, 0.4) is 0 Å². The minimum Gasteiger partial charge on any atom is -0.392 e. The Hall–Kier alpha value is -2.13. The highest BCUT2D eigenvalue weighted by molar-refractivity contribution is 5.81. The fourth-order valence-corrected chi connectivity index (χ4v) is 2.30. The first-order valence-electron chi connectivity index (χ1n) is 6.32. The van der Waals surface area contributed by atoms with Crippen LogP contribution in [0, 0.1) is 6.92 Å². The normalized spacial score (nSPS) is 11.1. The van der Waals surface area contributed by atoms with Gasteiger partial charge in [0.2, 0.25) is 0 Å². The van der Waals surface area contributed by atoms with Crippen LogP contribution in [-0.2, 0) is 13.7 Å². The third-order valence-electron chi connectivity index (χ3n) is 3.44. The number of aryl methyl sites for hydroxylation is 2. The van der Waals surface area contributed by atoms with Crippen molar-refractivity contribution in [2.45, 2.75) is 13.5 Å². The third kappa shape index (κ3) is 2.02. The first-order valence-corrected chi connectivity index (χ1v) is 6.32. The fourth-order valence-electron chi connectivity index (χ4n) is 2.30. The van der Waals surface area contributed by atoms with Gasteiger partial charge in [-0.05, 0) is 24.6 Å². The monoisotopic (exact) mass is 252 g/mol. The number of aliphatic hydroxyl groups is 1. The van der Waals surface area contributed by atoms with Crippen LogP contribution in [0.5, 0.6) is 0 Å². The molecule has 0 saturated carbocycles. The molecule has 2 aromatic carbocycles. The van der Waals surface area contributed by atoms with Gasteiger partial charge < -0.3 is 9.67 Å². The number of fused-ring (bicyclic) bond motifs is 1. The quantitative estimate of drug-likeness (QED) is 0.761. The lowest BCUT2D eigenvalue weighted by Crippen LogP contribution is -1.92. The lowest BCUT2D eigenvalue weighted by atomic mass is 10.1.